The molecule has 3 N–H and O–H groups in total. The van der Waals surface area contributed by atoms with Crippen LogP contribution in [0.4, 0.5) is 15.8 Å². The Hall–Kier alpha value is -4.20. The van der Waals surface area contributed by atoms with Gasteiger partial charge in [-0.25, -0.2) is 4.39 Å². The Balaban J connectivity index is 1.57. The minimum atomic E-state index is -0.740. The number of benzene rings is 3. The zero-order valence-corrected chi connectivity index (χ0v) is 18.2. The Bertz CT molecular complexity index is 1240. The van der Waals surface area contributed by atoms with E-state index in [4.69, 9.17) is 10.1 Å². The first-order valence-electron chi connectivity index (χ1n) is 10.4. The van der Waals surface area contributed by atoms with Gasteiger partial charge in [0.15, 0.2) is 0 Å². The third-order valence-corrected chi connectivity index (χ3v) is 5.28. The molecular formula is C25H23FN4O3. The standard InChI is InChI=1S/C25H23FN4O3/c1-15-3-6-17(7-4-15)28-25(32)20-14-18(33-2)8-10-22(20)29-24(31)19-9-5-16(13-21(19)26)23(27)30-11-12-30/h3-10,13-14,27H,11-12H2,1-2H3,(H,28,32)(H,29,31). The monoisotopic (exact) mass is 446 g/mol. The molecule has 0 bridgehead atoms. The van der Waals surface area contributed by atoms with Crippen molar-refractivity contribution in [2.24, 2.45) is 0 Å². The largest absolute Gasteiger partial charge is 0.497 e. The lowest BCUT2D eigenvalue weighted by Gasteiger charge is -2.14. The number of nitrogens with one attached hydrogen (secondary N) is 3. The van der Waals surface area contributed by atoms with E-state index in [9.17, 15) is 14.0 Å². The van der Waals surface area contributed by atoms with Crippen molar-refractivity contribution in [3.8, 4) is 5.75 Å². The van der Waals surface area contributed by atoms with Gasteiger partial charge >= 0.3 is 0 Å². The topological polar surface area (TPSA) is 94.3 Å². The number of carbonyl (C=O) groups excluding carboxylic acids is 2. The van der Waals surface area contributed by atoms with Gasteiger partial charge in [0.1, 0.15) is 17.4 Å². The predicted octanol–water partition coefficient (Wildman–Crippen LogP) is 4.29. The van der Waals surface area contributed by atoms with Gasteiger partial charge in [-0.2, -0.15) is 0 Å². The van der Waals surface area contributed by atoms with Gasteiger partial charge < -0.3 is 20.3 Å². The van der Waals surface area contributed by atoms with Gasteiger partial charge in [-0.05, 0) is 49.4 Å². The molecule has 168 valence electrons. The van der Waals surface area contributed by atoms with E-state index in [1.54, 1.807) is 23.1 Å². The summed E-state index contributed by atoms with van der Waals surface area (Å²) in [5, 5.41) is 13.4. The van der Waals surface area contributed by atoms with Gasteiger partial charge in [-0.3, -0.25) is 15.0 Å². The molecule has 1 saturated heterocycles. The lowest BCUT2D eigenvalue weighted by molar-refractivity contribution is 0.102. The molecule has 0 atom stereocenters. The van der Waals surface area contributed by atoms with Crippen LogP contribution in [-0.4, -0.2) is 42.7 Å². The van der Waals surface area contributed by atoms with Crippen LogP contribution in [0, 0.1) is 18.2 Å². The Labute approximate surface area is 190 Å². The molecule has 4 rings (SSSR count). The van der Waals surface area contributed by atoms with Crippen LogP contribution in [0.1, 0.15) is 31.8 Å². The number of halogens is 1. The summed E-state index contributed by atoms with van der Waals surface area (Å²) >= 11 is 0. The van der Waals surface area contributed by atoms with E-state index in [0.717, 1.165) is 18.7 Å². The minimum Gasteiger partial charge on any atom is -0.497 e. The zero-order chi connectivity index (χ0) is 23.5. The number of rotatable bonds is 6. The molecule has 0 radical (unpaired) electrons. The van der Waals surface area contributed by atoms with E-state index in [-0.39, 0.29) is 22.6 Å². The fraction of sp³-hybridized carbons (Fsp3) is 0.160. The molecular weight excluding hydrogens is 423 g/mol. The second-order valence-corrected chi connectivity index (χ2v) is 7.72. The van der Waals surface area contributed by atoms with Gasteiger partial charge in [0.2, 0.25) is 0 Å². The molecule has 1 fully saturated rings. The van der Waals surface area contributed by atoms with E-state index in [0.29, 0.717) is 17.0 Å². The summed E-state index contributed by atoms with van der Waals surface area (Å²) in [6, 6.07) is 16.0. The van der Waals surface area contributed by atoms with Crippen LogP contribution in [0.25, 0.3) is 0 Å². The maximum Gasteiger partial charge on any atom is 0.258 e. The normalized spacial score (nSPS) is 12.2. The van der Waals surface area contributed by atoms with Crippen molar-refractivity contribution in [1.82, 2.24) is 4.90 Å². The molecule has 7 nitrogen and oxygen atoms in total. The summed E-state index contributed by atoms with van der Waals surface area (Å²) in [6.45, 7) is 3.49. The van der Waals surface area contributed by atoms with Crippen LogP contribution in [0.15, 0.2) is 60.7 Å². The Kier molecular flexibility index (Phi) is 6.08. The summed E-state index contributed by atoms with van der Waals surface area (Å²) in [5.74, 6) is -1.23. The number of methoxy groups -OCH3 is 1. The minimum absolute atomic E-state index is 0.170. The number of amidine groups is 1. The SMILES string of the molecule is COc1ccc(NC(=O)c2ccc(C(=N)N3CC3)cc2F)c(C(=O)Nc2ccc(C)cc2)c1. The average molecular weight is 446 g/mol. The molecule has 0 aliphatic carbocycles. The number of hydrogen-bond acceptors (Lipinski definition) is 4. The number of ether oxygens (including phenoxy) is 1. The first-order valence-corrected chi connectivity index (χ1v) is 10.4. The highest BCUT2D eigenvalue weighted by molar-refractivity contribution is 6.13. The smallest absolute Gasteiger partial charge is 0.258 e. The number of nitrogens with zero attached hydrogens (tertiary/aromatic N) is 1. The van der Waals surface area contributed by atoms with Crippen molar-refractivity contribution in [1.29, 1.82) is 5.41 Å². The van der Waals surface area contributed by atoms with E-state index >= 15 is 0 Å². The summed E-state index contributed by atoms with van der Waals surface area (Å²) in [5.41, 5.74) is 2.26. The summed E-state index contributed by atoms with van der Waals surface area (Å²) in [6.07, 6.45) is 0. The Morgan fingerprint density at radius 1 is 0.939 bits per heavy atom. The third kappa shape index (κ3) is 5.01. The maximum atomic E-state index is 14.7. The Morgan fingerprint density at radius 2 is 1.64 bits per heavy atom. The molecule has 2 amide bonds. The van der Waals surface area contributed by atoms with Crippen LogP contribution < -0.4 is 15.4 Å². The van der Waals surface area contributed by atoms with Crippen molar-refractivity contribution in [2.45, 2.75) is 6.92 Å². The second kappa shape index (κ2) is 9.12. The molecule has 0 spiro atoms. The summed E-state index contributed by atoms with van der Waals surface area (Å²) in [4.78, 5) is 27.5. The van der Waals surface area contributed by atoms with Crippen LogP contribution in [-0.2, 0) is 0 Å². The van der Waals surface area contributed by atoms with Crippen molar-refractivity contribution in [2.75, 3.05) is 30.8 Å². The number of amides is 2. The van der Waals surface area contributed by atoms with Crippen molar-refractivity contribution in [3.63, 3.8) is 0 Å². The van der Waals surface area contributed by atoms with Gasteiger partial charge in [0, 0.05) is 24.3 Å². The summed E-state index contributed by atoms with van der Waals surface area (Å²) in [7, 11) is 1.47. The number of aryl methyl sites for hydroxylation is 1. The lowest BCUT2D eigenvalue weighted by atomic mass is 10.1. The number of carbonyl (C=O) groups is 2. The lowest BCUT2D eigenvalue weighted by Crippen LogP contribution is -2.20. The molecule has 0 aromatic heterocycles. The highest BCUT2D eigenvalue weighted by Gasteiger charge is 2.24. The van der Waals surface area contributed by atoms with Crippen molar-refractivity contribution >= 4 is 29.0 Å². The van der Waals surface area contributed by atoms with E-state index in [2.05, 4.69) is 10.6 Å². The van der Waals surface area contributed by atoms with E-state index in [1.807, 2.05) is 19.1 Å². The van der Waals surface area contributed by atoms with Crippen LogP contribution in [0.5, 0.6) is 5.75 Å². The molecule has 3 aromatic rings. The van der Waals surface area contributed by atoms with Crippen LogP contribution >= 0.6 is 0 Å². The molecule has 33 heavy (non-hydrogen) atoms. The van der Waals surface area contributed by atoms with Crippen LogP contribution in [0.2, 0.25) is 0 Å². The first-order chi connectivity index (χ1) is 15.9. The molecule has 0 saturated carbocycles. The van der Waals surface area contributed by atoms with Crippen molar-refractivity contribution < 1.29 is 18.7 Å². The number of hydrogen-bond donors (Lipinski definition) is 3. The maximum absolute atomic E-state index is 14.7. The summed E-state index contributed by atoms with van der Waals surface area (Å²) < 4.78 is 19.9. The van der Waals surface area contributed by atoms with Crippen LogP contribution in [0.3, 0.4) is 0 Å². The molecule has 1 heterocycles. The van der Waals surface area contributed by atoms with Gasteiger partial charge in [0.25, 0.3) is 11.8 Å². The predicted molar refractivity (Wildman–Crippen MR) is 125 cm³/mol. The average Bonchev–Trinajstić information content (AvgIpc) is 3.65. The Morgan fingerprint density at radius 3 is 2.27 bits per heavy atom. The second-order valence-electron chi connectivity index (χ2n) is 7.72. The fourth-order valence-electron chi connectivity index (χ4n) is 3.27. The van der Waals surface area contributed by atoms with Gasteiger partial charge in [-0.1, -0.05) is 23.8 Å². The molecule has 0 unspecified atom stereocenters. The van der Waals surface area contributed by atoms with Gasteiger partial charge in [0.05, 0.1) is 23.9 Å². The molecule has 1 aliphatic heterocycles. The third-order valence-electron chi connectivity index (χ3n) is 5.28. The van der Waals surface area contributed by atoms with Crippen molar-refractivity contribution in [3.05, 3.63) is 88.7 Å². The molecule has 1 aliphatic rings. The highest BCUT2D eigenvalue weighted by atomic mass is 19.1. The highest BCUT2D eigenvalue weighted by Crippen LogP contribution is 2.25. The quantitative estimate of drug-likeness (QED) is 0.299. The molecule has 8 heteroatoms. The van der Waals surface area contributed by atoms with E-state index in [1.165, 1.54) is 37.4 Å². The van der Waals surface area contributed by atoms with Gasteiger partial charge in [-0.15, -0.1) is 0 Å². The molecule has 3 aromatic carbocycles. The zero-order valence-electron chi connectivity index (χ0n) is 18.2. The number of anilines is 2. The van der Waals surface area contributed by atoms with E-state index < -0.39 is 17.6 Å². The first kappa shape index (κ1) is 22.0. The fourth-order valence-corrected chi connectivity index (χ4v) is 3.27.